The Hall–Kier alpha value is -1.88. The molecule has 0 amide bonds. The summed E-state index contributed by atoms with van der Waals surface area (Å²) < 4.78 is 1.02. The first-order chi connectivity index (χ1) is 11.9. The Labute approximate surface area is 156 Å². The fraction of sp³-hybridized carbons (Fsp3) is 0.400. The number of aromatic nitrogens is 2. The van der Waals surface area contributed by atoms with Crippen LogP contribution in [0.2, 0.25) is 0 Å². The lowest BCUT2D eigenvalue weighted by atomic mass is 9.60. The predicted molar refractivity (Wildman–Crippen MR) is 102 cm³/mol. The second-order valence-corrected chi connectivity index (χ2v) is 8.76. The highest BCUT2D eigenvalue weighted by Crippen LogP contribution is 2.53. The third-order valence-electron chi connectivity index (χ3n) is 5.52. The van der Waals surface area contributed by atoms with Crippen molar-refractivity contribution in [3.8, 4) is 0 Å². The Balaban J connectivity index is 2.04. The molecule has 1 aromatic carbocycles. The van der Waals surface area contributed by atoms with E-state index in [1.807, 2.05) is 18.3 Å². The van der Waals surface area contributed by atoms with E-state index >= 15 is 0 Å². The number of benzene rings is 1. The van der Waals surface area contributed by atoms with E-state index in [0.29, 0.717) is 6.42 Å². The molecule has 2 aromatic rings. The molecule has 1 aromatic heterocycles. The average Bonchev–Trinajstić information content (AvgIpc) is 3.00. The molecule has 0 spiro atoms. The number of hydrogen-bond donors (Lipinski definition) is 2. The molecule has 1 aliphatic heterocycles. The molecule has 4 rings (SSSR count). The van der Waals surface area contributed by atoms with Crippen molar-refractivity contribution in [1.82, 2.24) is 10.2 Å². The minimum atomic E-state index is -0.458. The summed E-state index contributed by atoms with van der Waals surface area (Å²) in [6, 6.07) is 8.30. The summed E-state index contributed by atoms with van der Waals surface area (Å²) in [4.78, 5) is 13.3. The minimum absolute atomic E-state index is 0.0306. The van der Waals surface area contributed by atoms with Crippen molar-refractivity contribution in [3.63, 3.8) is 0 Å². The first-order valence-corrected chi connectivity index (χ1v) is 9.50. The summed E-state index contributed by atoms with van der Waals surface area (Å²) in [7, 11) is 0. The largest absolute Gasteiger partial charge is 0.343 e. The third kappa shape index (κ3) is 2.40. The van der Waals surface area contributed by atoms with Gasteiger partial charge in [0.1, 0.15) is 5.82 Å². The quantitative estimate of drug-likeness (QED) is 0.751. The molecule has 130 valence electrons. The highest BCUT2D eigenvalue weighted by Gasteiger charge is 2.50. The van der Waals surface area contributed by atoms with Gasteiger partial charge in [0.15, 0.2) is 5.78 Å². The minimum Gasteiger partial charge on any atom is -0.343 e. The van der Waals surface area contributed by atoms with Crippen LogP contribution in [-0.4, -0.2) is 16.0 Å². The molecule has 0 saturated carbocycles. The molecule has 0 fully saturated rings. The van der Waals surface area contributed by atoms with E-state index in [1.54, 1.807) is 0 Å². The SMILES string of the molecule is CCC1(c2cccc(Br)c2)C2=C(CC(C)(C)CC2=O)Nc2[nH]ncc21. The van der Waals surface area contributed by atoms with Crippen LogP contribution in [0.4, 0.5) is 5.82 Å². The number of carbonyl (C=O) groups excluding carboxylic acids is 1. The molecule has 25 heavy (non-hydrogen) atoms. The first kappa shape index (κ1) is 16.6. The predicted octanol–water partition coefficient (Wildman–Crippen LogP) is 4.94. The molecular weight excluding hydrogens is 378 g/mol. The second kappa shape index (κ2) is 5.56. The molecule has 4 nitrogen and oxygen atoms in total. The zero-order chi connectivity index (χ0) is 17.8. The number of fused-ring (bicyclic) bond motifs is 1. The van der Waals surface area contributed by atoms with E-state index in [4.69, 9.17) is 0 Å². The van der Waals surface area contributed by atoms with Gasteiger partial charge >= 0.3 is 0 Å². The summed E-state index contributed by atoms with van der Waals surface area (Å²) in [6.45, 7) is 6.47. The maximum atomic E-state index is 13.3. The van der Waals surface area contributed by atoms with Gasteiger partial charge in [-0.25, -0.2) is 0 Å². The molecule has 5 heteroatoms. The van der Waals surface area contributed by atoms with Crippen molar-refractivity contribution in [2.75, 3.05) is 5.32 Å². The Morgan fingerprint density at radius 3 is 2.80 bits per heavy atom. The Kier molecular flexibility index (Phi) is 3.69. The topological polar surface area (TPSA) is 57.8 Å². The van der Waals surface area contributed by atoms with Gasteiger partial charge in [-0.05, 0) is 36.0 Å². The van der Waals surface area contributed by atoms with E-state index in [-0.39, 0.29) is 11.2 Å². The number of Topliss-reactive ketones (excluding diaryl/α,β-unsaturated/α-hetero) is 1. The maximum Gasteiger partial charge on any atom is 0.162 e. The van der Waals surface area contributed by atoms with Crippen LogP contribution in [0.15, 0.2) is 46.2 Å². The van der Waals surface area contributed by atoms with Gasteiger partial charge in [-0.1, -0.05) is 48.8 Å². The normalized spacial score (nSPS) is 24.6. The maximum absolute atomic E-state index is 13.3. The summed E-state index contributed by atoms with van der Waals surface area (Å²) >= 11 is 3.59. The van der Waals surface area contributed by atoms with Gasteiger partial charge < -0.3 is 5.32 Å². The summed E-state index contributed by atoms with van der Waals surface area (Å²) in [6.07, 6.45) is 4.12. The number of ketones is 1. The fourth-order valence-electron chi connectivity index (χ4n) is 4.54. The van der Waals surface area contributed by atoms with Crippen molar-refractivity contribution >= 4 is 27.5 Å². The number of rotatable bonds is 2. The number of hydrogen-bond acceptors (Lipinski definition) is 3. The highest BCUT2D eigenvalue weighted by atomic mass is 79.9. The molecule has 2 N–H and O–H groups in total. The van der Waals surface area contributed by atoms with E-state index in [9.17, 15) is 4.79 Å². The number of nitrogens with zero attached hydrogens (tertiary/aromatic N) is 1. The zero-order valence-corrected chi connectivity index (χ0v) is 16.3. The van der Waals surface area contributed by atoms with Crippen LogP contribution in [0.1, 0.15) is 51.2 Å². The van der Waals surface area contributed by atoms with Gasteiger partial charge in [-0.15, -0.1) is 0 Å². The third-order valence-corrected chi connectivity index (χ3v) is 6.02. The summed E-state index contributed by atoms with van der Waals surface area (Å²) in [5, 5.41) is 10.8. The second-order valence-electron chi connectivity index (χ2n) is 7.85. The van der Waals surface area contributed by atoms with Crippen molar-refractivity contribution in [2.45, 2.75) is 45.4 Å². The van der Waals surface area contributed by atoms with Crippen LogP contribution in [0.5, 0.6) is 0 Å². The van der Waals surface area contributed by atoms with Gasteiger partial charge in [-0.2, -0.15) is 5.10 Å². The van der Waals surface area contributed by atoms with Gasteiger partial charge in [0, 0.05) is 27.7 Å². The lowest BCUT2D eigenvalue weighted by molar-refractivity contribution is -0.118. The van der Waals surface area contributed by atoms with E-state index in [1.165, 1.54) is 0 Å². The Morgan fingerprint density at radius 2 is 2.08 bits per heavy atom. The number of H-pyrrole nitrogens is 1. The van der Waals surface area contributed by atoms with Crippen LogP contribution in [0.3, 0.4) is 0 Å². The molecule has 1 atom stereocenters. The van der Waals surface area contributed by atoms with Crippen molar-refractivity contribution in [3.05, 3.63) is 57.3 Å². The molecular formula is C20H22BrN3O. The van der Waals surface area contributed by atoms with Crippen LogP contribution < -0.4 is 5.32 Å². The number of aromatic amines is 1. The van der Waals surface area contributed by atoms with Gasteiger partial charge in [0.2, 0.25) is 0 Å². The Morgan fingerprint density at radius 1 is 1.28 bits per heavy atom. The van der Waals surface area contributed by atoms with Crippen LogP contribution >= 0.6 is 15.9 Å². The number of halogens is 1. The molecule has 0 saturated heterocycles. The van der Waals surface area contributed by atoms with Crippen LogP contribution in [0.25, 0.3) is 0 Å². The zero-order valence-electron chi connectivity index (χ0n) is 14.7. The lowest BCUT2D eigenvalue weighted by Gasteiger charge is -2.45. The highest BCUT2D eigenvalue weighted by molar-refractivity contribution is 9.10. The van der Waals surface area contributed by atoms with Crippen molar-refractivity contribution in [2.24, 2.45) is 5.41 Å². The number of anilines is 1. The van der Waals surface area contributed by atoms with Gasteiger partial charge in [-0.3, -0.25) is 9.89 Å². The summed E-state index contributed by atoms with van der Waals surface area (Å²) in [5.74, 6) is 1.15. The molecule has 1 unspecified atom stereocenters. The van der Waals surface area contributed by atoms with Gasteiger partial charge in [0.25, 0.3) is 0 Å². The average molecular weight is 400 g/mol. The molecule has 0 bridgehead atoms. The van der Waals surface area contributed by atoms with E-state index < -0.39 is 5.41 Å². The van der Waals surface area contributed by atoms with Gasteiger partial charge in [0.05, 0.1) is 11.6 Å². The standard InChI is InChI=1S/C20H22BrN3O/c1-4-20(12-6-5-7-13(21)8-12)14-11-22-24-18(14)23-15-9-19(2,3)10-16(25)17(15)20/h5-8,11H,4,9-10H2,1-3H3,(H2,22,23,24). The van der Waals surface area contributed by atoms with Crippen molar-refractivity contribution < 1.29 is 4.79 Å². The Bertz CT molecular complexity index is 896. The number of carbonyl (C=O) groups is 1. The summed E-state index contributed by atoms with van der Waals surface area (Å²) in [5.41, 5.74) is 3.66. The van der Waals surface area contributed by atoms with Crippen LogP contribution in [-0.2, 0) is 10.2 Å². The number of nitrogens with one attached hydrogen (secondary N) is 2. The van der Waals surface area contributed by atoms with E-state index in [2.05, 4.69) is 64.3 Å². The molecule has 2 heterocycles. The lowest BCUT2D eigenvalue weighted by Crippen LogP contribution is -2.43. The molecule has 0 radical (unpaired) electrons. The monoisotopic (exact) mass is 399 g/mol. The fourth-order valence-corrected chi connectivity index (χ4v) is 4.94. The molecule has 1 aliphatic carbocycles. The van der Waals surface area contributed by atoms with Crippen molar-refractivity contribution in [1.29, 1.82) is 0 Å². The first-order valence-electron chi connectivity index (χ1n) is 8.71. The van der Waals surface area contributed by atoms with Crippen LogP contribution in [0, 0.1) is 5.41 Å². The molecule has 2 aliphatic rings. The smallest absolute Gasteiger partial charge is 0.162 e. The van der Waals surface area contributed by atoms with E-state index in [0.717, 1.165) is 45.5 Å². The number of allylic oxidation sites excluding steroid dienone is 2.